The molecule has 0 aliphatic heterocycles. The SMILES string of the molecule is CC(C)(Br)C(=O)Nc1ccc(Cl)c(C(N)=O)c1. The smallest absolute Gasteiger partial charge is 0.250 e. The second kappa shape index (κ2) is 5.06. The van der Waals surface area contributed by atoms with E-state index < -0.39 is 10.2 Å². The van der Waals surface area contributed by atoms with Crippen LogP contribution in [0.5, 0.6) is 0 Å². The molecule has 0 radical (unpaired) electrons. The lowest BCUT2D eigenvalue weighted by molar-refractivity contribution is -0.117. The molecule has 0 bridgehead atoms. The fraction of sp³-hybridized carbons (Fsp3) is 0.273. The number of carbonyl (C=O) groups is 2. The van der Waals surface area contributed by atoms with Gasteiger partial charge in [-0.05, 0) is 32.0 Å². The summed E-state index contributed by atoms with van der Waals surface area (Å²) in [4.78, 5) is 22.8. The molecule has 2 amide bonds. The summed E-state index contributed by atoms with van der Waals surface area (Å²) in [6.45, 7) is 3.43. The van der Waals surface area contributed by atoms with Crippen LogP contribution in [0, 0.1) is 0 Å². The van der Waals surface area contributed by atoms with Gasteiger partial charge in [0.1, 0.15) is 0 Å². The van der Waals surface area contributed by atoms with Crippen molar-refractivity contribution in [2.24, 2.45) is 5.73 Å². The second-order valence-corrected chi connectivity index (χ2v) is 6.38. The highest BCUT2D eigenvalue weighted by molar-refractivity contribution is 9.10. The Labute approximate surface area is 113 Å². The maximum absolute atomic E-state index is 11.7. The first-order valence-corrected chi connectivity index (χ1v) is 5.98. The van der Waals surface area contributed by atoms with Crippen molar-refractivity contribution in [3.05, 3.63) is 28.8 Å². The van der Waals surface area contributed by atoms with Gasteiger partial charge in [-0.1, -0.05) is 27.5 Å². The molecule has 3 N–H and O–H groups in total. The van der Waals surface area contributed by atoms with E-state index in [1.54, 1.807) is 19.9 Å². The summed E-state index contributed by atoms with van der Waals surface area (Å²) < 4.78 is -0.695. The van der Waals surface area contributed by atoms with Crippen molar-refractivity contribution in [3.8, 4) is 0 Å². The molecule has 1 aromatic rings. The average molecular weight is 320 g/mol. The summed E-state index contributed by atoms with van der Waals surface area (Å²) in [5, 5.41) is 2.91. The summed E-state index contributed by atoms with van der Waals surface area (Å²) in [6.07, 6.45) is 0. The van der Waals surface area contributed by atoms with Gasteiger partial charge in [0.05, 0.1) is 14.9 Å². The Morgan fingerprint density at radius 1 is 1.41 bits per heavy atom. The molecular weight excluding hydrogens is 307 g/mol. The van der Waals surface area contributed by atoms with Crippen molar-refractivity contribution in [1.29, 1.82) is 0 Å². The number of halogens is 2. The number of amides is 2. The number of hydrogen-bond acceptors (Lipinski definition) is 2. The minimum Gasteiger partial charge on any atom is -0.366 e. The average Bonchev–Trinajstić information content (AvgIpc) is 2.19. The van der Waals surface area contributed by atoms with Crippen molar-refractivity contribution in [3.63, 3.8) is 0 Å². The van der Waals surface area contributed by atoms with Crippen LogP contribution in [0.4, 0.5) is 5.69 Å². The van der Waals surface area contributed by atoms with Crippen LogP contribution < -0.4 is 11.1 Å². The normalized spacial score (nSPS) is 11.1. The van der Waals surface area contributed by atoms with Crippen molar-refractivity contribution in [1.82, 2.24) is 0 Å². The van der Waals surface area contributed by atoms with Gasteiger partial charge >= 0.3 is 0 Å². The van der Waals surface area contributed by atoms with Crippen molar-refractivity contribution in [2.75, 3.05) is 5.32 Å². The molecule has 0 aliphatic rings. The first-order valence-electron chi connectivity index (χ1n) is 4.81. The first-order chi connectivity index (χ1) is 7.71. The van der Waals surface area contributed by atoms with Gasteiger partial charge in [-0.25, -0.2) is 0 Å². The van der Waals surface area contributed by atoms with Crippen molar-refractivity contribution < 1.29 is 9.59 Å². The van der Waals surface area contributed by atoms with E-state index in [9.17, 15) is 9.59 Å². The van der Waals surface area contributed by atoms with Gasteiger partial charge in [-0.15, -0.1) is 0 Å². The number of nitrogens with one attached hydrogen (secondary N) is 1. The monoisotopic (exact) mass is 318 g/mol. The number of rotatable bonds is 3. The number of primary amides is 1. The number of nitrogens with two attached hydrogens (primary N) is 1. The number of carbonyl (C=O) groups excluding carboxylic acids is 2. The Kier molecular flexibility index (Phi) is 4.16. The summed E-state index contributed by atoms with van der Waals surface area (Å²) >= 11 is 9.03. The third-order valence-corrected chi connectivity index (χ3v) is 2.72. The Balaban J connectivity index is 2.98. The van der Waals surface area contributed by atoms with E-state index in [0.29, 0.717) is 5.69 Å². The summed E-state index contributed by atoms with van der Waals surface area (Å²) in [5.41, 5.74) is 5.81. The van der Waals surface area contributed by atoms with Crippen LogP contribution in [-0.4, -0.2) is 16.1 Å². The third kappa shape index (κ3) is 3.71. The van der Waals surface area contributed by atoms with E-state index in [0.717, 1.165) is 0 Å². The lowest BCUT2D eigenvalue weighted by Gasteiger charge is -2.16. The third-order valence-electron chi connectivity index (χ3n) is 2.03. The topological polar surface area (TPSA) is 72.2 Å². The number of hydrogen-bond donors (Lipinski definition) is 2. The summed E-state index contributed by atoms with van der Waals surface area (Å²) in [6, 6.07) is 4.56. The van der Waals surface area contributed by atoms with Gasteiger partial charge in [0, 0.05) is 5.69 Å². The molecular formula is C11H12BrClN2O2. The van der Waals surface area contributed by atoms with E-state index in [2.05, 4.69) is 21.2 Å². The molecule has 17 heavy (non-hydrogen) atoms. The molecule has 92 valence electrons. The Bertz CT molecular complexity index is 469. The number of alkyl halides is 1. The molecule has 0 spiro atoms. The zero-order valence-corrected chi connectivity index (χ0v) is 11.7. The summed E-state index contributed by atoms with van der Waals surface area (Å²) in [7, 11) is 0. The zero-order valence-electron chi connectivity index (χ0n) is 9.38. The van der Waals surface area contributed by atoms with E-state index in [1.165, 1.54) is 12.1 Å². The van der Waals surface area contributed by atoms with Crippen LogP contribution in [0.1, 0.15) is 24.2 Å². The second-order valence-electron chi connectivity index (χ2n) is 3.99. The van der Waals surface area contributed by atoms with Gasteiger partial charge in [-0.2, -0.15) is 0 Å². The standard InChI is InChI=1S/C11H12BrClN2O2/c1-11(2,12)10(17)15-6-3-4-8(13)7(5-6)9(14)16/h3-5H,1-2H3,(H2,14,16)(H,15,17). The van der Waals surface area contributed by atoms with Gasteiger partial charge < -0.3 is 11.1 Å². The largest absolute Gasteiger partial charge is 0.366 e. The van der Waals surface area contributed by atoms with E-state index in [-0.39, 0.29) is 16.5 Å². The molecule has 0 saturated carbocycles. The van der Waals surface area contributed by atoms with Crippen LogP contribution in [0.3, 0.4) is 0 Å². The summed E-state index contributed by atoms with van der Waals surface area (Å²) in [5.74, 6) is -0.862. The molecule has 1 rings (SSSR count). The molecule has 0 fully saturated rings. The van der Waals surface area contributed by atoms with Gasteiger partial charge in [0.25, 0.3) is 0 Å². The van der Waals surface area contributed by atoms with Gasteiger partial charge in [-0.3, -0.25) is 9.59 Å². The first kappa shape index (κ1) is 14.0. The molecule has 4 nitrogen and oxygen atoms in total. The van der Waals surface area contributed by atoms with Crippen LogP contribution in [0.2, 0.25) is 5.02 Å². The Morgan fingerprint density at radius 2 is 2.00 bits per heavy atom. The predicted molar refractivity (Wildman–Crippen MR) is 71.6 cm³/mol. The van der Waals surface area contributed by atoms with Crippen LogP contribution in [0.25, 0.3) is 0 Å². The maximum Gasteiger partial charge on any atom is 0.250 e. The quantitative estimate of drug-likeness (QED) is 0.840. The van der Waals surface area contributed by atoms with Crippen molar-refractivity contribution in [2.45, 2.75) is 18.2 Å². The highest BCUT2D eigenvalue weighted by atomic mass is 79.9. The molecule has 1 aromatic carbocycles. The van der Waals surface area contributed by atoms with Gasteiger partial charge in [0.15, 0.2) is 0 Å². The number of benzene rings is 1. The van der Waals surface area contributed by atoms with E-state index in [1.807, 2.05) is 0 Å². The van der Waals surface area contributed by atoms with E-state index in [4.69, 9.17) is 17.3 Å². The Morgan fingerprint density at radius 3 is 2.47 bits per heavy atom. The molecule has 0 saturated heterocycles. The lowest BCUT2D eigenvalue weighted by atomic mass is 10.1. The highest BCUT2D eigenvalue weighted by Crippen LogP contribution is 2.23. The zero-order chi connectivity index (χ0) is 13.2. The molecule has 0 atom stereocenters. The highest BCUT2D eigenvalue weighted by Gasteiger charge is 2.23. The van der Waals surface area contributed by atoms with E-state index >= 15 is 0 Å². The maximum atomic E-state index is 11.7. The van der Waals surface area contributed by atoms with Crippen LogP contribution >= 0.6 is 27.5 Å². The van der Waals surface area contributed by atoms with Gasteiger partial charge in [0.2, 0.25) is 11.8 Å². The molecule has 0 unspecified atom stereocenters. The van der Waals surface area contributed by atoms with Crippen LogP contribution in [-0.2, 0) is 4.79 Å². The molecule has 0 heterocycles. The Hall–Kier alpha value is -1.07. The fourth-order valence-electron chi connectivity index (χ4n) is 1.07. The minimum absolute atomic E-state index is 0.178. The minimum atomic E-state index is -0.695. The van der Waals surface area contributed by atoms with Crippen molar-refractivity contribution >= 4 is 45.0 Å². The lowest BCUT2D eigenvalue weighted by Crippen LogP contribution is -2.31. The fourth-order valence-corrected chi connectivity index (χ4v) is 1.38. The molecule has 0 aliphatic carbocycles. The van der Waals surface area contributed by atoms with Crippen LogP contribution in [0.15, 0.2) is 18.2 Å². The molecule has 0 aromatic heterocycles. The number of anilines is 1. The predicted octanol–water partition coefficient (Wildman–Crippen LogP) is 2.55. The molecule has 6 heteroatoms.